The number of hydrogen-bond donors (Lipinski definition) is 3. The van der Waals surface area contributed by atoms with Crippen LogP contribution in [0.25, 0.3) is 0 Å². The first-order valence-corrected chi connectivity index (χ1v) is 20.8. The molecular weight excluding hydrogens is 663 g/mol. The van der Waals surface area contributed by atoms with Crippen LogP contribution in [0.2, 0.25) is 0 Å². The highest BCUT2D eigenvalue weighted by Gasteiger charge is 2.70. The number of carboxylic acids is 1. The number of fused-ring (bicyclic) bond motifs is 7. The zero-order valence-corrected chi connectivity index (χ0v) is 34.1. The minimum atomic E-state index is -0.818. The third-order valence-corrected chi connectivity index (χ3v) is 17.6. The zero-order valence-electron chi connectivity index (χ0n) is 34.1. The third-order valence-electron chi connectivity index (χ3n) is 17.6. The highest BCUT2D eigenvalue weighted by molar-refractivity contribution is 6.00. The predicted molar refractivity (Wildman–Crippen MR) is 207 cm³/mol. The summed E-state index contributed by atoms with van der Waals surface area (Å²) in [5.74, 6) is 0.706. The van der Waals surface area contributed by atoms with E-state index < -0.39 is 17.3 Å². The number of ketones is 1. The number of nitrogen functional groups attached to an aromatic ring is 1. The van der Waals surface area contributed by atoms with Crippen LogP contribution in [0.15, 0.2) is 29.5 Å². The molecule has 0 unspecified atom stereocenters. The molecule has 4 N–H and O–H groups in total. The molecule has 0 aromatic carbocycles. The lowest BCUT2D eigenvalue weighted by Crippen LogP contribution is -2.66. The molecule has 1 aromatic heterocycles. The van der Waals surface area contributed by atoms with Crippen molar-refractivity contribution < 1.29 is 24.2 Å². The van der Waals surface area contributed by atoms with Crippen LogP contribution in [0.3, 0.4) is 0 Å². The summed E-state index contributed by atoms with van der Waals surface area (Å²) in [4.78, 5) is 43.6. The minimum absolute atomic E-state index is 0.0546. The summed E-state index contributed by atoms with van der Waals surface area (Å²) in [5, 5.41) is 13.3. The molecule has 5 fully saturated rings. The Hall–Kier alpha value is -2.74. The summed E-state index contributed by atoms with van der Waals surface area (Å²) in [5.41, 5.74) is 9.19. The highest BCUT2D eigenvalue weighted by atomic mass is 16.5. The van der Waals surface area contributed by atoms with Crippen LogP contribution in [0.4, 0.5) is 5.82 Å². The maximum absolute atomic E-state index is 14.0. The molecule has 0 radical (unpaired) electrons. The van der Waals surface area contributed by atoms with E-state index in [-0.39, 0.29) is 51.0 Å². The molecule has 1 aromatic rings. The van der Waals surface area contributed by atoms with Crippen molar-refractivity contribution in [2.75, 3.05) is 12.3 Å². The lowest BCUT2D eigenvalue weighted by atomic mass is 9.33. The van der Waals surface area contributed by atoms with Crippen molar-refractivity contribution >= 4 is 23.5 Å². The Morgan fingerprint density at radius 3 is 2.30 bits per heavy atom. The lowest BCUT2D eigenvalue weighted by molar-refractivity contribution is -0.236. The second-order valence-electron chi connectivity index (χ2n) is 20.8. The maximum Gasteiger partial charge on any atom is 0.309 e. The quantitative estimate of drug-likeness (QED) is 0.170. The smallest absolute Gasteiger partial charge is 0.309 e. The molecule has 0 spiro atoms. The molecule has 6 aliphatic rings. The molecule has 5 saturated carbocycles. The van der Waals surface area contributed by atoms with Crippen molar-refractivity contribution in [3.8, 4) is 0 Å². The first-order chi connectivity index (χ1) is 24.7. The summed E-state index contributed by atoms with van der Waals surface area (Å²) < 4.78 is 6.42. The molecule has 0 amide bonds. The number of nitrogens with one attached hydrogen (secondary N) is 1. The molecule has 0 saturated heterocycles. The molecule has 8 nitrogen and oxygen atoms in total. The fourth-order valence-electron chi connectivity index (χ4n) is 14.3. The van der Waals surface area contributed by atoms with Crippen LogP contribution >= 0.6 is 0 Å². The van der Waals surface area contributed by atoms with Crippen LogP contribution in [0, 0.1) is 68.0 Å². The largest absolute Gasteiger partial charge is 0.481 e. The number of Topliss-reactive ketones (excluding diaryl/α,β-unsaturated/α-hetero) is 1. The summed E-state index contributed by atoms with van der Waals surface area (Å²) in [6.45, 7) is 22.4. The van der Waals surface area contributed by atoms with Gasteiger partial charge in [0.1, 0.15) is 11.9 Å². The molecule has 0 bridgehead atoms. The highest BCUT2D eigenvalue weighted by Crippen LogP contribution is 2.77. The monoisotopic (exact) mass is 730 g/mol. The molecule has 7 rings (SSSR count). The van der Waals surface area contributed by atoms with E-state index in [1.807, 2.05) is 32.2 Å². The van der Waals surface area contributed by atoms with Gasteiger partial charge >= 0.3 is 11.9 Å². The second kappa shape index (κ2) is 12.9. The van der Waals surface area contributed by atoms with E-state index in [4.69, 9.17) is 10.5 Å². The van der Waals surface area contributed by atoms with Crippen molar-refractivity contribution in [3.05, 3.63) is 35.0 Å². The van der Waals surface area contributed by atoms with Crippen LogP contribution in [-0.2, 0) is 25.7 Å². The van der Waals surface area contributed by atoms with Gasteiger partial charge in [-0.15, -0.1) is 0 Å². The van der Waals surface area contributed by atoms with Crippen molar-refractivity contribution in [2.24, 2.45) is 68.0 Å². The lowest BCUT2D eigenvalue weighted by Gasteiger charge is -2.72. The zero-order chi connectivity index (χ0) is 38.5. The molecule has 10 atom stereocenters. The minimum Gasteiger partial charge on any atom is -0.481 e. The third kappa shape index (κ3) is 5.67. The summed E-state index contributed by atoms with van der Waals surface area (Å²) >= 11 is 0. The number of anilines is 1. The number of hydrogen-bond acceptors (Lipinski definition) is 7. The number of aromatic nitrogens is 1. The van der Waals surface area contributed by atoms with Gasteiger partial charge in [0.05, 0.1) is 11.8 Å². The van der Waals surface area contributed by atoms with Gasteiger partial charge in [-0.3, -0.25) is 14.4 Å². The van der Waals surface area contributed by atoms with Crippen LogP contribution in [-0.4, -0.2) is 40.5 Å². The van der Waals surface area contributed by atoms with E-state index in [1.54, 1.807) is 0 Å². The molecule has 6 aliphatic carbocycles. The van der Waals surface area contributed by atoms with Crippen molar-refractivity contribution in [1.29, 1.82) is 0 Å². The van der Waals surface area contributed by atoms with E-state index in [0.717, 1.165) is 75.6 Å². The summed E-state index contributed by atoms with van der Waals surface area (Å²) in [6, 6.07) is 3.88. The number of rotatable bonds is 9. The van der Waals surface area contributed by atoms with E-state index in [2.05, 4.69) is 58.8 Å². The fraction of sp³-hybridized carbons (Fsp3) is 0.778. The van der Waals surface area contributed by atoms with Gasteiger partial charge in [0.15, 0.2) is 5.78 Å². The van der Waals surface area contributed by atoms with E-state index >= 15 is 0 Å². The van der Waals surface area contributed by atoms with Crippen LogP contribution in [0.5, 0.6) is 0 Å². The van der Waals surface area contributed by atoms with Gasteiger partial charge in [0.2, 0.25) is 0 Å². The van der Waals surface area contributed by atoms with Gasteiger partial charge < -0.3 is 20.9 Å². The average molecular weight is 730 g/mol. The Morgan fingerprint density at radius 2 is 1.66 bits per heavy atom. The predicted octanol–water partition coefficient (Wildman–Crippen LogP) is 8.78. The van der Waals surface area contributed by atoms with Gasteiger partial charge in [-0.1, -0.05) is 74.0 Å². The molecular formula is C45H67N3O5. The first kappa shape index (κ1) is 38.5. The van der Waals surface area contributed by atoms with Gasteiger partial charge in [-0.25, -0.2) is 4.98 Å². The van der Waals surface area contributed by atoms with E-state index in [1.165, 1.54) is 12.0 Å². The molecule has 53 heavy (non-hydrogen) atoms. The number of carbonyl (C=O) groups excluding carboxylic acids is 2. The molecule has 8 heteroatoms. The Balaban J connectivity index is 1.11. The number of esters is 1. The number of carboxylic acid groups (broad SMARTS) is 1. The SMILES string of the molecule is CC(C)C1=C2[C@H]3CC[C@@H]4[C@@]5(C)CC[C@H](OC(=O)[C@H]6C[C@@H](C(=O)O)C6(C)C)C(C)(C)[C@@H]5CC[C@@]4(C)[C@]3(C)CC[C@@]2(CCNCc2ccc(N)nc2)CC1=O. The number of allylic oxidation sites excluding steroid dienone is 2. The van der Waals surface area contributed by atoms with Crippen LogP contribution < -0.4 is 11.1 Å². The Labute approximate surface area is 318 Å². The molecule has 1 heterocycles. The maximum atomic E-state index is 14.0. The van der Waals surface area contributed by atoms with Crippen molar-refractivity contribution in [3.63, 3.8) is 0 Å². The standard InChI is InChI=1S/C45H67N3O5/c1-26(2)36-31(49)23-45(20-21-47-24-27-10-13-35(46)48-25-27)19-18-43(8)28(37(36)45)11-12-33-42(7)16-15-34(41(5,6)32(42)14-17-44(33,43)9)53-39(52)30-22-29(38(50)51)40(30,3)4/h10,13,25-26,28-30,32-34,47H,11-12,14-24H2,1-9H3,(H2,46,48)(H,50,51)/t28-,29+,30-,32+,33-,34+,42+,43-,44-,45-/m1/s1. The Kier molecular flexibility index (Phi) is 9.39. The number of aliphatic carboxylic acids is 1. The molecule has 0 aliphatic heterocycles. The number of pyridine rings is 1. The fourth-order valence-corrected chi connectivity index (χ4v) is 14.3. The second-order valence-corrected chi connectivity index (χ2v) is 20.8. The summed E-state index contributed by atoms with van der Waals surface area (Å²) in [7, 11) is 0. The topological polar surface area (TPSA) is 132 Å². The summed E-state index contributed by atoms with van der Waals surface area (Å²) in [6.07, 6.45) is 12.4. The normalized spacial score (nSPS) is 41.1. The number of carbonyl (C=O) groups is 3. The van der Waals surface area contributed by atoms with Crippen LogP contribution in [0.1, 0.15) is 139 Å². The van der Waals surface area contributed by atoms with E-state index in [0.29, 0.717) is 42.2 Å². The number of nitrogens with zero attached hydrogens (tertiary/aromatic N) is 1. The first-order valence-electron chi connectivity index (χ1n) is 20.8. The average Bonchev–Trinajstić information content (AvgIpc) is 3.37. The van der Waals surface area contributed by atoms with Gasteiger partial charge in [-0.05, 0) is 133 Å². The molecule has 292 valence electrons. The van der Waals surface area contributed by atoms with Gasteiger partial charge in [0, 0.05) is 30.0 Å². The van der Waals surface area contributed by atoms with Crippen molar-refractivity contribution in [1.82, 2.24) is 10.3 Å². The van der Waals surface area contributed by atoms with Gasteiger partial charge in [0.25, 0.3) is 0 Å². The Morgan fingerprint density at radius 1 is 0.925 bits per heavy atom. The Bertz CT molecular complexity index is 1680. The number of ether oxygens (including phenoxy) is 1. The van der Waals surface area contributed by atoms with E-state index in [9.17, 15) is 19.5 Å². The van der Waals surface area contributed by atoms with Gasteiger partial charge in [-0.2, -0.15) is 0 Å². The van der Waals surface area contributed by atoms with Crippen molar-refractivity contribution in [2.45, 2.75) is 146 Å². The number of nitrogens with two attached hydrogens (primary N) is 1.